The average molecular weight is 268 g/mol. The maximum absolute atomic E-state index is 11.7. The monoisotopic (exact) mass is 268 g/mol. The second kappa shape index (κ2) is 8.37. The van der Waals surface area contributed by atoms with Gasteiger partial charge in [-0.2, -0.15) is 0 Å². The molecule has 19 heavy (non-hydrogen) atoms. The number of esters is 1. The lowest BCUT2D eigenvalue weighted by molar-refractivity contribution is 0.0464. The van der Waals surface area contributed by atoms with Gasteiger partial charge in [0.1, 0.15) is 17.1 Å². The molecule has 5 nitrogen and oxygen atoms in total. The quantitative estimate of drug-likeness (QED) is 0.412. The van der Waals surface area contributed by atoms with E-state index in [1.165, 1.54) is 14.2 Å². The lowest BCUT2D eigenvalue weighted by atomic mass is 10.2. The first-order valence-electron chi connectivity index (χ1n) is 6.19. The molecule has 0 N–H and O–H groups in total. The van der Waals surface area contributed by atoms with Crippen molar-refractivity contribution in [3.63, 3.8) is 0 Å². The number of methoxy groups -OCH3 is 2. The Labute approximate surface area is 113 Å². The summed E-state index contributed by atoms with van der Waals surface area (Å²) in [6.07, 6.45) is 2.02. The molecular weight excluding hydrogens is 248 g/mol. The Morgan fingerprint density at radius 3 is 2.63 bits per heavy atom. The average Bonchev–Trinajstić information content (AvgIpc) is 2.45. The third-order valence-corrected chi connectivity index (χ3v) is 2.46. The summed E-state index contributed by atoms with van der Waals surface area (Å²) in [5.74, 6) is 0.571. The van der Waals surface area contributed by atoms with Crippen molar-refractivity contribution in [1.82, 2.24) is 0 Å². The number of carbonyl (C=O) groups is 1. The van der Waals surface area contributed by atoms with Gasteiger partial charge in [0, 0.05) is 7.11 Å². The minimum atomic E-state index is -0.466. The molecule has 0 atom stereocenters. The summed E-state index contributed by atoms with van der Waals surface area (Å²) in [6, 6.07) is 5.05. The number of benzene rings is 1. The Bertz CT molecular complexity index is 403. The summed E-state index contributed by atoms with van der Waals surface area (Å²) in [4.78, 5) is 11.7. The van der Waals surface area contributed by atoms with E-state index in [2.05, 4.69) is 6.92 Å². The minimum Gasteiger partial charge on any atom is -0.494 e. The largest absolute Gasteiger partial charge is 0.494 e. The molecule has 0 aliphatic heterocycles. The van der Waals surface area contributed by atoms with Crippen molar-refractivity contribution < 1.29 is 23.7 Å². The van der Waals surface area contributed by atoms with Gasteiger partial charge in [-0.1, -0.05) is 13.3 Å². The summed E-state index contributed by atoms with van der Waals surface area (Å²) in [7, 11) is 2.84. The zero-order valence-corrected chi connectivity index (χ0v) is 11.6. The van der Waals surface area contributed by atoms with Crippen LogP contribution in [0.1, 0.15) is 30.1 Å². The maximum atomic E-state index is 11.7. The van der Waals surface area contributed by atoms with E-state index in [0.717, 1.165) is 12.8 Å². The molecule has 1 rings (SSSR count). The molecule has 106 valence electrons. The molecule has 0 radical (unpaired) electrons. The number of hydrogen-bond donors (Lipinski definition) is 0. The molecule has 5 heteroatoms. The molecule has 0 saturated heterocycles. The van der Waals surface area contributed by atoms with Crippen molar-refractivity contribution in [3.05, 3.63) is 23.8 Å². The smallest absolute Gasteiger partial charge is 0.341 e. The van der Waals surface area contributed by atoms with Gasteiger partial charge in [-0.05, 0) is 24.6 Å². The van der Waals surface area contributed by atoms with E-state index >= 15 is 0 Å². The van der Waals surface area contributed by atoms with Crippen LogP contribution < -0.4 is 9.47 Å². The summed E-state index contributed by atoms with van der Waals surface area (Å²) in [5.41, 5.74) is 0.327. The summed E-state index contributed by atoms with van der Waals surface area (Å²) < 4.78 is 20.4. The van der Waals surface area contributed by atoms with Crippen LogP contribution in [0, 0.1) is 0 Å². The predicted molar refractivity (Wildman–Crippen MR) is 70.7 cm³/mol. The van der Waals surface area contributed by atoms with Crippen molar-refractivity contribution in [2.24, 2.45) is 0 Å². The van der Waals surface area contributed by atoms with Gasteiger partial charge in [-0.3, -0.25) is 0 Å². The number of hydrogen-bond acceptors (Lipinski definition) is 5. The van der Waals surface area contributed by atoms with Gasteiger partial charge in [0.15, 0.2) is 6.79 Å². The van der Waals surface area contributed by atoms with Crippen LogP contribution >= 0.6 is 0 Å². The van der Waals surface area contributed by atoms with Gasteiger partial charge < -0.3 is 18.9 Å². The van der Waals surface area contributed by atoms with Gasteiger partial charge in [0.25, 0.3) is 0 Å². The van der Waals surface area contributed by atoms with E-state index < -0.39 is 5.97 Å². The SMILES string of the molecule is CCCCOc1ccc(OCOC)c(C(=O)OC)c1. The van der Waals surface area contributed by atoms with E-state index in [9.17, 15) is 4.79 Å². The van der Waals surface area contributed by atoms with Crippen molar-refractivity contribution in [1.29, 1.82) is 0 Å². The van der Waals surface area contributed by atoms with Crippen LogP contribution in [0.5, 0.6) is 11.5 Å². The Morgan fingerprint density at radius 2 is 2.00 bits per heavy atom. The highest BCUT2D eigenvalue weighted by Gasteiger charge is 2.14. The molecule has 1 aromatic carbocycles. The Kier molecular flexibility index (Phi) is 6.74. The zero-order chi connectivity index (χ0) is 14.1. The van der Waals surface area contributed by atoms with Crippen LogP contribution in [0.25, 0.3) is 0 Å². The fourth-order valence-electron chi connectivity index (χ4n) is 1.45. The lowest BCUT2D eigenvalue weighted by Crippen LogP contribution is -2.08. The Morgan fingerprint density at radius 1 is 1.21 bits per heavy atom. The fraction of sp³-hybridized carbons (Fsp3) is 0.500. The molecular formula is C14H20O5. The number of carbonyl (C=O) groups excluding carboxylic acids is 1. The molecule has 0 fully saturated rings. The molecule has 0 saturated carbocycles. The van der Waals surface area contributed by atoms with Crippen LogP contribution in [0.15, 0.2) is 18.2 Å². The highest BCUT2D eigenvalue weighted by Crippen LogP contribution is 2.25. The standard InChI is InChI=1S/C14H20O5/c1-4-5-8-18-11-6-7-13(19-10-16-2)12(9-11)14(15)17-3/h6-7,9H,4-5,8,10H2,1-3H3. The molecule has 0 heterocycles. The van der Waals surface area contributed by atoms with Crippen molar-refractivity contribution >= 4 is 5.97 Å². The highest BCUT2D eigenvalue weighted by molar-refractivity contribution is 5.92. The highest BCUT2D eigenvalue weighted by atomic mass is 16.7. The van der Waals surface area contributed by atoms with Gasteiger partial charge in [-0.25, -0.2) is 4.79 Å². The van der Waals surface area contributed by atoms with E-state index in [0.29, 0.717) is 23.7 Å². The number of rotatable bonds is 8. The van der Waals surface area contributed by atoms with E-state index in [1.54, 1.807) is 18.2 Å². The van der Waals surface area contributed by atoms with Crippen LogP contribution in [-0.4, -0.2) is 33.6 Å². The van der Waals surface area contributed by atoms with E-state index in [4.69, 9.17) is 18.9 Å². The van der Waals surface area contributed by atoms with Crippen molar-refractivity contribution in [2.45, 2.75) is 19.8 Å². The zero-order valence-electron chi connectivity index (χ0n) is 11.6. The van der Waals surface area contributed by atoms with E-state index in [1.807, 2.05) is 0 Å². The molecule has 0 bridgehead atoms. The first-order valence-corrected chi connectivity index (χ1v) is 6.19. The Balaban J connectivity index is 2.84. The molecule has 0 amide bonds. The fourth-order valence-corrected chi connectivity index (χ4v) is 1.45. The molecule has 1 aromatic rings. The van der Waals surface area contributed by atoms with Crippen LogP contribution in [0.2, 0.25) is 0 Å². The second-order valence-corrected chi connectivity index (χ2v) is 3.90. The van der Waals surface area contributed by atoms with Crippen LogP contribution in [0.4, 0.5) is 0 Å². The summed E-state index contributed by atoms with van der Waals surface area (Å²) >= 11 is 0. The van der Waals surface area contributed by atoms with Crippen LogP contribution in [0.3, 0.4) is 0 Å². The van der Waals surface area contributed by atoms with Gasteiger partial charge in [0.05, 0.1) is 13.7 Å². The number of unbranched alkanes of at least 4 members (excludes halogenated alkanes) is 1. The minimum absolute atomic E-state index is 0.0695. The topological polar surface area (TPSA) is 54.0 Å². The molecule has 0 aliphatic carbocycles. The molecule has 0 unspecified atom stereocenters. The summed E-state index contributed by atoms with van der Waals surface area (Å²) in [5, 5.41) is 0. The van der Waals surface area contributed by atoms with Crippen LogP contribution in [-0.2, 0) is 9.47 Å². The second-order valence-electron chi connectivity index (χ2n) is 3.90. The summed E-state index contributed by atoms with van der Waals surface area (Å²) in [6.45, 7) is 2.78. The van der Waals surface area contributed by atoms with Gasteiger partial charge >= 0.3 is 5.97 Å². The third kappa shape index (κ3) is 4.79. The Hall–Kier alpha value is -1.75. The number of ether oxygens (including phenoxy) is 4. The van der Waals surface area contributed by atoms with E-state index in [-0.39, 0.29) is 6.79 Å². The predicted octanol–water partition coefficient (Wildman–Crippen LogP) is 2.63. The lowest BCUT2D eigenvalue weighted by Gasteiger charge is -2.12. The van der Waals surface area contributed by atoms with Crippen molar-refractivity contribution in [3.8, 4) is 11.5 Å². The van der Waals surface area contributed by atoms with Gasteiger partial charge in [-0.15, -0.1) is 0 Å². The molecule has 0 spiro atoms. The molecule has 0 aliphatic rings. The third-order valence-electron chi connectivity index (χ3n) is 2.46. The first-order chi connectivity index (χ1) is 9.22. The maximum Gasteiger partial charge on any atom is 0.341 e. The normalized spacial score (nSPS) is 10.1. The van der Waals surface area contributed by atoms with Crippen molar-refractivity contribution in [2.75, 3.05) is 27.6 Å². The first kappa shape index (κ1) is 15.3. The molecule has 0 aromatic heterocycles. The van der Waals surface area contributed by atoms with Gasteiger partial charge in [0.2, 0.25) is 0 Å².